The lowest BCUT2D eigenvalue weighted by Gasteiger charge is -2.14. The Labute approximate surface area is 104 Å². The molecule has 0 aliphatic carbocycles. The molecule has 0 saturated heterocycles. The van der Waals surface area contributed by atoms with Gasteiger partial charge in [-0.25, -0.2) is 0 Å². The van der Waals surface area contributed by atoms with Gasteiger partial charge in [0.1, 0.15) is 0 Å². The maximum absolute atomic E-state index is 3.50. The lowest BCUT2D eigenvalue weighted by Crippen LogP contribution is -2.10. The molecular formula is C9H10Br3N. The van der Waals surface area contributed by atoms with Crippen LogP contribution >= 0.6 is 47.8 Å². The van der Waals surface area contributed by atoms with Crippen molar-refractivity contribution in [2.24, 2.45) is 0 Å². The number of halogens is 3. The quantitative estimate of drug-likeness (QED) is 0.787. The average molecular weight is 372 g/mol. The lowest BCUT2D eigenvalue weighted by atomic mass is 10.3. The first kappa shape index (κ1) is 11.5. The van der Waals surface area contributed by atoms with Crippen LogP contribution in [0.4, 0.5) is 5.69 Å². The van der Waals surface area contributed by atoms with E-state index in [0.29, 0.717) is 6.04 Å². The van der Waals surface area contributed by atoms with Gasteiger partial charge in [0.2, 0.25) is 0 Å². The molecule has 0 amide bonds. The molecule has 4 heteroatoms. The monoisotopic (exact) mass is 369 g/mol. The number of anilines is 1. The van der Waals surface area contributed by atoms with Crippen LogP contribution in [-0.4, -0.2) is 6.04 Å². The minimum absolute atomic E-state index is 0.425. The summed E-state index contributed by atoms with van der Waals surface area (Å²) in [6.07, 6.45) is 0. The Morgan fingerprint density at radius 1 is 1.08 bits per heavy atom. The van der Waals surface area contributed by atoms with Crippen LogP contribution in [0, 0.1) is 0 Å². The zero-order valence-electron chi connectivity index (χ0n) is 7.37. The normalized spacial score (nSPS) is 10.6. The number of benzene rings is 1. The molecule has 1 rings (SSSR count). The fourth-order valence-corrected chi connectivity index (χ4v) is 3.46. The molecule has 0 unspecified atom stereocenters. The van der Waals surface area contributed by atoms with E-state index >= 15 is 0 Å². The summed E-state index contributed by atoms with van der Waals surface area (Å²) in [6, 6.07) is 4.47. The molecule has 0 spiro atoms. The standard InChI is InChI=1S/C9H10Br3N/c1-5(2)13-9-7(11)3-6(10)4-8(9)12/h3-5,13H,1-2H3. The molecule has 0 fully saturated rings. The first-order valence-corrected chi connectivity index (χ1v) is 6.29. The number of nitrogens with one attached hydrogen (secondary N) is 1. The molecule has 0 atom stereocenters. The summed E-state index contributed by atoms with van der Waals surface area (Å²) in [5.74, 6) is 0. The first-order valence-electron chi connectivity index (χ1n) is 3.92. The predicted molar refractivity (Wildman–Crippen MR) is 68.3 cm³/mol. The minimum Gasteiger partial charge on any atom is -0.381 e. The third-order valence-corrected chi connectivity index (χ3v) is 3.15. The smallest absolute Gasteiger partial charge is 0.0631 e. The number of hydrogen-bond acceptors (Lipinski definition) is 1. The second-order valence-electron chi connectivity index (χ2n) is 3.04. The third kappa shape index (κ3) is 3.26. The van der Waals surface area contributed by atoms with Gasteiger partial charge in [-0.2, -0.15) is 0 Å². The number of rotatable bonds is 2. The van der Waals surface area contributed by atoms with E-state index in [9.17, 15) is 0 Å². The second kappa shape index (κ2) is 4.80. The highest BCUT2D eigenvalue weighted by atomic mass is 79.9. The van der Waals surface area contributed by atoms with Gasteiger partial charge in [0.25, 0.3) is 0 Å². The molecular weight excluding hydrogens is 362 g/mol. The molecule has 72 valence electrons. The summed E-state index contributed by atoms with van der Waals surface area (Å²) in [4.78, 5) is 0. The SMILES string of the molecule is CC(C)Nc1c(Br)cc(Br)cc1Br. The van der Waals surface area contributed by atoms with Gasteiger partial charge < -0.3 is 5.32 Å². The molecule has 0 aliphatic heterocycles. The summed E-state index contributed by atoms with van der Waals surface area (Å²) in [5.41, 5.74) is 1.10. The fourth-order valence-electron chi connectivity index (χ4n) is 0.969. The summed E-state index contributed by atoms with van der Waals surface area (Å²) in [5, 5.41) is 3.35. The van der Waals surface area contributed by atoms with Gasteiger partial charge in [-0.15, -0.1) is 0 Å². The fraction of sp³-hybridized carbons (Fsp3) is 0.333. The Balaban J connectivity index is 3.06. The maximum atomic E-state index is 3.50. The Kier molecular flexibility index (Phi) is 4.26. The van der Waals surface area contributed by atoms with Crippen molar-refractivity contribution >= 4 is 53.5 Å². The zero-order valence-corrected chi connectivity index (χ0v) is 12.1. The van der Waals surface area contributed by atoms with Crippen molar-refractivity contribution in [3.8, 4) is 0 Å². The molecule has 0 bridgehead atoms. The van der Waals surface area contributed by atoms with E-state index in [1.54, 1.807) is 0 Å². The molecule has 0 aliphatic rings. The van der Waals surface area contributed by atoms with Crippen LogP contribution < -0.4 is 5.32 Å². The van der Waals surface area contributed by atoms with Gasteiger partial charge in [0.05, 0.1) is 5.69 Å². The largest absolute Gasteiger partial charge is 0.381 e. The highest BCUT2D eigenvalue weighted by Crippen LogP contribution is 2.34. The van der Waals surface area contributed by atoms with Crippen LogP contribution in [-0.2, 0) is 0 Å². The molecule has 1 N–H and O–H groups in total. The first-order chi connectivity index (χ1) is 6.00. The van der Waals surface area contributed by atoms with Crippen molar-refractivity contribution in [2.75, 3.05) is 5.32 Å². The Morgan fingerprint density at radius 3 is 1.92 bits per heavy atom. The Hall–Kier alpha value is 0.460. The van der Waals surface area contributed by atoms with Crippen molar-refractivity contribution in [2.45, 2.75) is 19.9 Å². The van der Waals surface area contributed by atoms with Crippen LogP contribution in [0.15, 0.2) is 25.6 Å². The van der Waals surface area contributed by atoms with Crippen molar-refractivity contribution < 1.29 is 0 Å². The molecule has 13 heavy (non-hydrogen) atoms. The Morgan fingerprint density at radius 2 is 1.54 bits per heavy atom. The van der Waals surface area contributed by atoms with E-state index in [0.717, 1.165) is 19.1 Å². The van der Waals surface area contributed by atoms with Gasteiger partial charge in [-0.3, -0.25) is 0 Å². The van der Waals surface area contributed by atoms with Gasteiger partial charge in [0.15, 0.2) is 0 Å². The van der Waals surface area contributed by atoms with Crippen LogP contribution in [0.25, 0.3) is 0 Å². The van der Waals surface area contributed by atoms with Gasteiger partial charge in [0, 0.05) is 19.5 Å². The summed E-state index contributed by atoms with van der Waals surface area (Å²) >= 11 is 10.4. The van der Waals surface area contributed by atoms with Gasteiger partial charge >= 0.3 is 0 Å². The van der Waals surface area contributed by atoms with Crippen molar-refractivity contribution in [3.05, 3.63) is 25.6 Å². The van der Waals surface area contributed by atoms with E-state index < -0.39 is 0 Å². The summed E-state index contributed by atoms with van der Waals surface area (Å²) in [7, 11) is 0. The summed E-state index contributed by atoms with van der Waals surface area (Å²) < 4.78 is 3.17. The van der Waals surface area contributed by atoms with E-state index in [1.807, 2.05) is 12.1 Å². The molecule has 0 heterocycles. The molecule has 0 radical (unpaired) electrons. The Bertz CT molecular complexity index is 287. The zero-order chi connectivity index (χ0) is 10.0. The highest BCUT2D eigenvalue weighted by molar-refractivity contribution is 9.11. The van der Waals surface area contributed by atoms with E-state index in [1.165, 1.54) is 0 Å². The van der Waals surface area contributed by atoms with E-state index in [-0.39, 0.29) is 0 Å². The van der Waals surface area contributed by atoms with Crippen LogP contribution in [0.1, 0.15) is 13.8 Å². The minimum atomic E-state index is 0.425. The van der Waals surface area contributed by atoms with Crippen molar-refractivity contribution in [3.63, 3.8) is 0 Å². The maximum Gasteiger partial charge on any atom is 0.0631 e. The second-order valence-corrected chi connectivity index (χ2v) is 5.67. The van der Waals surface area contributed by atoms with E-state index in [2.05, 4.69) is 67.0 Å². The molecule has 1 aromatic carbocycles. The molecule has 0 aromatic heterocycles. The number of hydrogen-bond donors (Lipinski definition) is 1. The molecule has 1 nitrogen and oxygen atoms in total. The average Bonchev–Trinajstić information content (AvgIpc) is 1.96. The predicted octanol–water partition coefficient (Wildman–Crippen LogP) is 4.79. The van der Waals surface area contributed by atoms with Gasteiger partial charge in [-0.1, -0.05) is 15.9 Å². The van der Waals surface area contributed by atoms with Gasteiger partial charge in [-0.05, 0) is 57.8 Å². The topological polar surface area (TPSA) is 12.0 Å². The third-order valence-electron chi connectivity index (χ3n) is 1.44. The van der Waals surface area contributed by atoms with Crippen LogP contribution in [0.5, 0.6) is 0 Å². The lowest BCUT2D eigenvalue weighted by molar-refractivity contribution is 0.897. The van der Waals surface area contributed by atoms with Crippen LogP contribution in [0.2, 0.25) is 0 Å². The highest BCUT2D eigenvalue weighted by Gasteiger charge is 2.06. The molecule has 0 saturated carbocycles. The summed E-state index contributed by atoms with van der Waals surface area (Å²) in [6.45, 7) is 4.22. The van der Waals surface area contributed by atoms with Crippen molar-refractivity contribution in [1.82, 2.24) is 0 Å². The van der Waals surface area contributed by atoms with E-state index in [4.69, 9.17) is 0 Å². The van der Waals surface area contributed by atoms with Crippen LogP contribution in [0.3, 0.4) is 0 Å². The molecule has 1 aromatic rings. The van der Waals surface area contributed by atoms with Crippen molar-refractivity contribution in [1.29, 1.82) is 0 Å².